The molecule has 0 aromatic heterocycles. The molecule has 1 atom stereocenters. The van der Waals surface area contributed by atoms with E-state index in [-0.39, 0.29) is 42.4 Å². The molecule has 0 radical (unpaired) electrons. The number of hydrogen-bond acceptors (Lipinski definition) is 4. The summed E-state index contributed by atoms with van der Waals surface area (Å²) in [5, 5.41) is 5.55. The molecule has 0 spiro atoms. The molecule has 8 heteroatoms. The molecule has 0 bridgehead atoms. The van der Waals surface area contributed by atoms with Crippen LogP contribution in [0.5, 0.6) is 0 Å². The molecule has 166 valence electrons. The second-order valence-corrected chi connectivity index (χ2v) is 10.2. The predicted molar refractivity (Wildman–Crippen MR) is 119 cm³/mol. The fraction of sp³-hybridized carbons (Fsp3) is 0.391. The van der Waals surface area contributed by atoms with Crippen LogP contribution < -0.4 is 10.6 Å². The average molecular weight is 444 g/mol. The third kappa shape index (κ3) is 5.71. The first-order valence-corrected chi connectivity index (χ1v) is 11.9. The lowest BCUT2D eigenvalue weighted by atomic mass is 10.00. The van der Waals surface area contributed by atoms with E-state index in [4.69, 9.17) is 0 Å². The zero-order valence-corrected chi connectivity index (χ0v) is 18.9. The minimum atomic E-state index is -3.78. The van der Waals surface area contributed by atoms with Crippen molar-refractivity contribution in [2.24, 2.45) is 5.92 Å². The normalized spacial score (nSPS) is 16.1. The van der Waals surface area contributed by atoms with Crippen LogP contribution in [0.1, 0.15) is 48.3 Å². The molecule has 2 aromatic carbocycles. The Kier molecular flexibility index (Phi) is 7.12. The van der Waals surface area contributed by atoms with Crippen LogP contribution in [0.25, 0.3) is 0 Å². The third-order valence-corrected chi connectivity index (χ3v) is 7.09. The predicted octanol–water partition coefficient (Wildman–Crippen LogP) is 2.50. The molecule has 1 aliphatic rings. The number of rotatable bonds is 7. The number of nitrogens with zero attached hydrogens (tertiary/aromatic N) is 1. The molecular weight excluding hydrogens is 414 g/mol. The van der Waals surface area contributed by atoms with Gasteiger partial charge in [0.15, 0.2) is 0 Å². The molecule has 31 heavy (non-hydrogen) atoms. The van der Waals surface area contributed by atoms with Gasteiger partial charge in [0.25, 0.3) is 5.91 Å². The molecule has 2 aromatic rings. The number of carbonyl (C=O) groups excluding carboxylic acids is 2. The summed E-state index contributed by atoms with van der Waals surface area (Å²) in [6, 6.07) is 13.8. The van der Waals surface area contributed by atoms with Crippen molar-refractivity contribution < 1.29 is 18.0 Å². The Hall–Kier alpha value is -2.71. The number of amides is 2. The molecule has 1 heterocycles. The van der Waals surface area contributed by atoms with Crippen molar-refractivity contribution in [2.75, 3.05) is 19.6 Å². The van der Waals surface area contributed by atoms with Gasteiger partial charge in [-0.25, -0.2) is 8.42 Å². The first-order chi connectivity index (χ1) is 14.7. The van der Waals surface area contributed by atoms with E-state index in [0.717, 1.165) is 16.3 Å². The van der Waals surface area contributed by atoms with Gasteiger partial charge in [-0.15, -0.1) is 0 Å². The Bertz CT molecular complexity index is 1030. The highest BCUT2D eigenvalue weighted by Gasteiger charge is 2.29. The highest BCUT2D eigenvalue weighted by atomic mass is 32.2. The number of sulfonamides is 1. The van der Waals surface area contributed by atoms with Crippen LogP contribution in [0.3, 0.4) is 0 Å². The van der Waals surface area contributed by atoms with Gasteiger partial charge in [-0.05, 0) is 54.7 Å². The van der Waals surface area contributed by atoms with E-state index in [1.807, 2.05) is 19.1 Å². The summed E-state index contributed by atoms with van der Waals surface area (Å²) in [5.74, 6) is -0.0149. The number of benzene rings is 2. The maximum atomic E-state index is 12.7. The maximum Gasteiger partial charge on any atom is 0.251 e. The van der Waals surface area contributed by atoms with E-state index in [2.05, 4.69) is 36.6 Å². The monoisotopic (exact) mass is 443 g/mol. The molecule has 1 saturated heterocycles. The van der Waals surface area contributed by atoms with E-state index in [1.165, 1.54) is 29.8 Å². The molecule has 2 amide bonds. The van der Waals surface area contributed by atoms with Crippen molar-refractivity contribution >= 4 is 21.8 Å². The van der Waals surface area contributed by atoms with E-state index in [9.17, 15) is 18.0 Å². The Morgan fingerprint density at radius 3 is 2.29 bits per heavy atom. The third-order valence-electron chi connectivity index (χ3n) is 5.23. The highest BCUT2D eigenvalue weighted by molar-refractivity contribution is 7.89. The highest BCUT2D eigenvalue weighted by Crippen LogP contribution is 2.19. The van der Waals surface area contributed by atoms with Gasteiger partial charge in [-0.2, -0.15) is 4.31 Å². The summed E-state index contributed by atoms with van der Waals surface area (Å²) in [7, 11) is -3.78. The van der Waals surface area contributed by atoms with Gasteiger partial charge in [0, 0.05) is 18.7 Å². The Labute approximate surface area is 183 Å². The summed E-state index contributed by atoms with van der Waals surface area (Å²) >= 11 is 0. The number of nitrogens with one attached hydrogen (secondary N) is 2. The summed E-state index contributed by atoms with van der Waals surface area (Å²) < 4.78 is 26.6. The minimum Gasteiger partial charge on any atom is -0.354 e. The summed E-state index contributed by atoms with van der Waals surface area (Å²) in [6.45, 7) is 6.58. The number of carbonyl (C=O) groups is 2. The van der Waals surface area contributed by atoms with Gasteiger partial charge in [0.05, 0.1) is 17.5 Å². The van der Waals surface area contributed by atoms with Crippen LogP contribution in [-0.2, 0) is 21.2 Å². The zero-order valence-electron chi connectivity index (χ0n) is 18.1. The lowest BCUT2D eigenvalue weighted by Gasteiger charge is -2.25. The molecule has 1 fully saturated rings. The topological polar surface area (TPSA) is 95.6 Å². The molecule has 1 unspecified atom stereocenters. The summed E-state index contributed by atoms with van der Waals surface area (Å²) in [6.07, 6.45) is 1.01. The average Bonchev–Trinajstić information content (AvgIpc) is 2.74. The molecule has 1 aliphatic heterocycles. The minimum absolute atomic E-state index is 0.0625. The zero-order chi connectivity index (χ0) is 22.6. The van der Waals surface area contributed by atoms with Crippen LogP contribution in [0.4, 0.5) is 0 Å². The smallest absolute Gasteiger partial charge is 0.251 e. The van der Waals surface area contributed by atoms with E-state index in [1.54, 1.807) is 0 Å². The van der Waals surface area contributed by atoms with Gasteiger partial charge in [-0.3, -0.25) is 9.59 Å². The molecule has 2 N–H and O–H groups in total. The second-order valence-electron chi connectivity index (χ2n) is 8.25. The molecule has 3 rings (SSSR count). The van der Waals surface area contributed by atoms with E-state index < -0.39 is 10.0 Å². The standard InChI is InChI=1S/C23H29N3O4S/c1-16(2)14-18-4-6-19(7-5-18)17(3)25-23(28)20-8-10-21(11-9-20)31(29,30)26-13-12-24-22(27)15-26/h4-11,16-17H,12-15H2,1-3H3,(H,24,27)(H,25,28). The van der Waals surface area contributed by atoms with Crippen molar-refractivity contribution in [1.29, 1.82) is 0 Å². The lowest BCUT2D eigenvalue weighted by molar-refractivity contribution is -0.122. The van der Waals surface area contributed by atoms with Crippen LogP contribution in [0, 0.1) is 5.92 Å². The summed E-state index contributed by atoms with van der Waals surface area (Å²) in [4.78, 5) is 24.2. The van der Waals surface area contributed by atoms with Gasteiger partial charge in [0.1, 0.15) is 0 Å². The van der Waals surface area contributed by atoms with Gasteiger partial charge in [-0.1, -0.05) is 38.1 Å². The maximum absolute atomic E-state index is 12.7. The second kappa shape index (κ2) is 9.62. The number of piperazine rings is 1. The van der Waals surface area contributed by atoms with Crippen molar-refractivity contribution in [3.8, 4) is 0 Å². The molecular formula is C23H29N3O4S. The Morgan fingerprint density at radius 2 is 1.71 bits per heavy atom. The summed E-state index contributed by atoms with van der Waals surface area (Å²) in [5.41, 5.74) is 2.64. The molecule has 7 nitrogen and oxygen atoms in total. The van der Waals surface area contributed by atoms with E-state index in [0.29, 0.717) is 11.5 Å². The number of hydrogen-bond donors (Lipinski definition) is 2. The van der Waals surface area contributed by atoms with Crippen LogP contribution in [-0.4, -0.2) is 44.2 Å². The van der Waals surface area contributed by atoms with Crippen molar-refractivity contribution in [3.05, 3.63) is 65.2 Å². The van der Waals surface area contributed by atoms with E-state index >= 15 is 0 Å². The van der Waals surface area contributed by atoms with Crippen molar-refractivity contribution in [1.82, 2.24) is 14.9 Å². The fourth-order valence-corrected chi connectivity index (χ4v) is 4.92. The van der Waals surface area contributed by atoms with Crippen molar-refractivity contribution in [2.45, 2.75) is 38.1 Å². The van der Waals surface area contributed by atoms with Crippen LogP contribution >= 0.6 is 0 Å². The Balaban J connectivity index is 1.65. The SMILES string of the molecule is CC(C)Cc1ccc(C(C)NC(=O)c2ccc(S(=O)(=O)N3CCNC(=O)C3)cc2)cc1. The largest absolute Gasteiger partial charge is 0.354 e. The quantitative estimate of drug-likeness (QED) is 0.687. The van der Waals surface area contributed by atoms with Crippen LogP contribution in [0.15, 0.2) is 53.4 Å². The lowest BCUT2D eigenvalue weighted by Crippen LogP contribution is -2.49. The van der Waals surface area contributed by atoms with Gasteiger partial charge >= 0.3 is 0 Å². The first kappa shape index (κ1) is 23.0. The van der Waals surface area contributed by atoms with Crippen LogP contribution in [0.2, 0.25) is 0 Å². The molecule has 0 aliphatic carbocycles. The van der Waals surface area contributed by atoms with Gasteiger partial charge in [0.2, 0.25) is 15.9 Å². The Morgan fingerprint density at radius 1 is 1.06 bits per heavy atom. The van der Waals surface area contributed by atoms with Gasteiger partial charge < -0.3 is 10.6 Å². The first-order valence-electron chi connectivity index (χ1n) is 10.4. The molecule has 0 saturated carbocycles. The fourth-order valence-electron chi connectivity index (χ4n) is 3.52. The van der Waals surface area contributed by atoms with Crippen molar-refractivity contribution in [3.63, 3.8) is 0 Å².